The van der Waals surface area contributed by atoms with E-state index in [9.17, 15) is 9.90 Å². The van der Waals surface area contributed by atoms with Crippen LogP contribution in [0.15, 0.2) is 5.16 Å². The van der Waals surface area contributed by atoms with E-state index in [1.54, 1.807) is 0 Å². The SMILES string of the molecule is C[C@]12CC/C(=N/OCCN)CC1[C@@H](CCO)C[C@@H]1[C@@H]2CC[C@]2(C)C(=O)CC[C@@H]12.Cl. The highest BCUT2D eigenvalue weighted by atomic mass is 35.5. The van der Waals surface area contributed by atoms with Gasteiger partial charge in [-0.2, -0.15) is 0 Å². The number of rotatable bonds is 5. The number of Topliss-reactive ketones (excluding diaryl/α,β-unsaturated/α-hetero) is 1. The number of ketones is 1. The van der Waals surface area contributed by atoms with Gasteiger partial charge in [0, 0.05) is 25.0 Å². The molecule has 0 aromatic rings. The molecule has 0 bridgehead atoms. The average molecular weight is 427 g/mol. The molecule has 4 fully saturated rings. The van der Waals surface area contributed by atoms with Gasteiger partial charge in [0.2, 0.25) is 0 Å². The number of fused-ring (bicyclic) bond motifs is 5. The Bertz CT molecular complexity index is 642. The molecule has 1 unspecified atom stereocenters. The van der Waals surface area contributed by atoms with Gasteiger partial charge in [0.05, 0.1) is 5.71 Å². The van der Waals surface area contributed by atoms with Crippen LogP contribution >= 0.6 is 12.4 Å². The number of carbonyl (C=O) groups excluding carboxylic acids is 1. The molecule has 4 rings (SSSR count). The second kappa shape index (κ2) is 8.84. The number of hydrogen-bond acceptors (Lipinski definition) is 5. The van der Waals surface area contributed by atoms with Gasteiger partial charge in [-0.25, -0.2) is 0 Å². The fourth-order valence-corrected chi connectivity index (χ4v) is 7.83. The van der Waals surface area contributed by atoms with Gasteiger partial charge in [0.15, 0.2) is 0 Å². The quantitative estimate of drug-likeness (QED) is 0.514. The van der Waals surface area contributed by atoms with Crippen LogP contribution in [0.5, 0.6) is 0 Å². The Morgan fingerprint density at radius 3 is 2.69 bits per heavy atom. The Hall–Kier alpha value is -0.650. The molecule has 3 N–H and O–H groups in total. The fourth-order valence-electron chi connectivity index (χ4n) is 7.83. The van der Waals surface area contributed by atoms with E-state index in [0.29, 0.717) is 53.9 Å². The van der Waals surface area contributed by atoms with Crippen LogP contribution in [0.2, 0.25) is 0 Å². The third-order valence-electron chi connectivity index (χ3n) is 9.29. The molecule has 0 saturated heterocycles. The first-order chi connectivity index (χ1) is 13.4. The van der Waals surface area contributed by atoms with Crippen LogP contribution in [-0.4, -0.2) is 36.4 Å². The summed E-state index contributed by atoms with van der Waals surface area (Å²) in [4.78, 5) is 18.1. The van der Waals surface area contributed by atoms with Crippen molar-refractivity contribution in [1.29, 1.82) is 0 Å². The zero-order valence-corrected chi connectivity index (χ0v) is 18.9. The van der Waals surface area contributed by atoms with E-state index in [1.165, 1.54) is 18.6 Å². The summed E-state index contributed by atoms with van der Waals surface area (Å²) < 4.78 is 0. The third kappa shape index (κ3) is 3.76. The Kier molecular flexibility index (Phi) is 7.02. The lowest BCUT2D eigenvalue weighted by Crippen LogP contribution is -2.56. The second-order valence-electron chi connectivity index (χ2n) is 10.4. The lowest BCUT2D eigenvalue weighted by Gasteiger charge is -2.62. The van der Waals surface area contributed by atoms with Gasteiger partial charge in [0.25, 0.3) is 0 Å². The fraction of sp³-hybridized carbons (Fsp3) is 0.913. The molecule has 4 aliphatic carbocycles. The van der Waals surface area contributed by atoms with Crippen molar-refractivity contribution in [1.82, 2.24) is 0 Å². The number of oxime groups is 1. The van der Waals surface area contributed by atoms with Gasteiger partial charge in [-0.3, -0.25) is 4.79 Å². The zero-order chi connectivity index (χ0) is 19.9. The summed E-state index contributed by atoms with van der Waals surface area (Å²) in [7, 11) is 0. The van der Waals surface area contributed by atoms with Gasteiger partial charge in [-0.15, -0.1) is 12.4 Å². The van der Waals surface area contributed by atoms with Crippen molar-refractivity contribution >= 4 is 23.9 Å². The molecule has 0 aliphatic heterocycles. The third-order valence-corrected chi connectivity index (χ3v) is 9.29. The molecule has 0 amide bonds. The molecule has 7 atom stereocenters. The van der Waals surface area contributed by atoms with Crippen molar-refractivity contribution in [2.45, 2.75) is 71.6 Å². The molecule has 0 spiro atoms. The van der Waals surface area contributed by atoms with Gasteiger partial charge in [-0.05, 0) is 86.4 Å². The summed E-state index contributed by atoms with van der Waals surface area (Å²) in [5.74, 6) is 3.52. The predicted molar refractivity (Wildman–Crippen MR) is 117 cm³/mol. The average Bonchev–Trinajstić information content (AvgIpc) is 2.98. The number of nitrogens with two attached hydrogens (primary N) is 1. The van der Waals surface area contributed by atoms with Crippen molar-refractivity contribution in [3.63, 3.8) is 0 Å². The normalized spacial score (nSPS) is 45.2. The maximum atomic E-state index is 12.7. The number of aliphatic hydroxyl groups is 1. The first-order valence-corrected chi connectivity index (χ1v) is 11.5. The maximum Gasteiger partial charge on any atom is 0.139 e. The molecule has 0 radical (unpaired) electrons. The molecule has 5 nitrogen and oxygen atoms in total. The molecule has 4 aliphatic rings. The van der Waals surface area contributed by atoms with Crippen LogP contribution in [0.3, 0.4) is 0 Å². The molecule has 29 heavy (non-hydrogen) atoms. The Morgan fingerprint density at radius 1 is 1.17 bits per heavy atom. The highest BCUT2D eigenvalue weighted by molar-refractivity contribution is 5.87. The van der Waals surface area contributed by atoms with Crippen LogP contribution in [0.4, 0.5) is 0 Å². The predicted octanol–water partition coefficient (Wildman–Crippen LogP) is 3.96. The van der Waals surface area contributed by atoms with Crippen molar-refractivity contribution in [3.8, 4) is 0 Å². The maximum absolute atomic E-state index is 12.7. The molecule has 0 aromatic carbocycles. The van der Waals surface area contributed by atoms with E-state index in [0.717, 1.165) is 44.9 Å². The minimum Gasteiger partial charge on any atom is -0.396 e. The summed E-state index contributed by atoms with van der Waals surface area (Å²) in [5.41, 5.74) is 6.91. The molecular weight excluding hydrogens is 388 g/mol. The summed E-state index contributed by atoms with van der Waals surface area (Å²) in [6, 6.07) is 0. The lowest BCUT2D eigenvalue weighted by molar-refractivity contribution is -0.143. The number of carbonyl (C=O) groups is 1. The van der Waals surface area contributed by atoms with Gasteiger partial charge in [0.1, 0.15) is 12.4 Å². The number of hydrogen-bond donors (Lipinski definition) is 2. The Balaban J connectivity index is 0.00000240. The molecule has 4 saturated carbocycles. The molecular formula is C23H39ClN2O3. The molecule has 0 heterocycles. The smallest absolute Gasteiger partial charge is 0.139 e. The van der Waals surface area contributed by atoms with Crippen molar-refractivity contribution in [3.05, 3.63) is 0 Å². The van der Waals surface area contributed by atoms with Crippen LogP contribution in [0.25, 0.3) is 0 Å². The number of halogens is 1. The first-order valence-electron chi connectivity index (χ1n) is 11.5. The molecule has 0 aromatic heterocycles. The summed E-state index contributed by atoms with van der Waals surface area (Å²) in [6.07, 6.45) is 9.34. The van der Waals surface area contributed by atoms with Crippen LogP contribution in [-0.2, 0) is 9.63 Å². The number of aliphatic hydroxyl groups excluding tert-OH is 1. The highest BCUT2D eigenvalue weighted by Crippen LogP contribution is 2.66. The summed E-state index contributed by atoms with van der Waals surface area (Å²) in [5, 5.41) is 14.2. The van der Waals surface area contributed by atoms with E-state index in [1.807, 2.05) is 0 Å². The van der Waals surface area contributed by atoms with Crippen LogP contribution < -0.4 is 5.73 Å². The minimum absolute atomic E-state index is 0. The summed E-state index contributed by atoms with van der Waals surface area (Å²) >= 11 is 0. The highest BCUT2D eigenvalue weighted by Gasteiger charge is 2.61. The van der Waals surface area contributed by atoms with Crippen molar-refractivity contribution < 1.29 is 14.7 Å². The zero-order valence-electron chi connectivity index (χ0n) is 18.1. The standard InChI is InChI=1S/C23H38N2O3.ClH/c1-22-8-5-16(25-28-12-10-24)14-20(22)15(7-11-26)13-17-18-3-4-21(27)23(18,2)9-6-19(17)22;/h15,17-20,26H,3-14,24H2,1-2H3;1H/b25-16-;/t15-,17-,18-,19-,20?,22+,23-;/m0./s1. The van der Waals surface area contributed by atoms with E-state index in [2.05, 4.69) is 19.0 Å². The molecule has 6 heteroatoms. The van der Waals surface area contributed by atoms with Gasteiger partial charge >= 0.3 is 0 Å². The largest absolute Gasteiger partial charge is 0.396 e. The minimum atomic E-state index is -0.0779. The molecule has 166 valence electrons. The van der Waals surface area contributed by atoms with Crippen molar-refractivity contribution in [2.24, 2.45) is 51.3 Å². The van der Waals surface area contributed by atoms with E-state index in [4.69, 9.17) is 10.6 Å². The lowest BCUT2D eigenvalue weighted by atomic mass is 9.43. The summed E-state index contributed by atoms with van der Waals surface area (Å²) in [6.45, 7) is 5.98. The van der Waals surface area contributed by atoms with E-state index >= 15 is 0 Å². The second-order valence-corrected chi connectivity index (χ2v) is 10.4. The van der Waals surface area contributed by atoms with Crippen LogP contribution in [0, 0.1) is 40.4 Å². The van der Waals surface area contributed by atoms with E-state index in [-0.39, 0.29) is 24.4 Å². The van der Waals surface area contributed by atoms with Gasteiger partial charge < -0.3 is 15.7 Å². The Labute approximate surface area is 181 Å². The first kappa shape index (κ1) is 23.0. The van der Waals surface area contributed by atoms with E-state index < -0.39 is 0 Å². The monoisotopic (exact) mass is 426 g/mol. The van der Waals surface area contributed by atoms with Gasteiger partial charge in [-0.1, -0.05) is 19.0 Å². The Morgan fingerprint density at radius 2 is 1.97 bits per heavy atom. The van der Waals surface area contributed by atoms with Crippen molar-refractivity contribution in [2.75, 3.05) is 19.8 Å². The number of nitrogens with zero attached hydrogens (tertiary/aromatic N) is 1. The van der Waals surface area contributed by atoms with Crippen LogP contribution in [0.1, 0.15) is 71.6 Å². The topological polar surface area (TPSA) is 84.9 Å².